The normalized spacial score (nSPS) is 20.5. The molecular weight excluding hydrogens is 296 g/mol. The molecule has 0 saturated carbocycles. The maximum Gasteiger partial charge on any atom is 0.237 e. The highest BCUT2D eigenvalue weighted by Crippen LogP contribution is 2.23. The lowest BCUT2D eigenvalue weighted by Gasteiger charge is -2.30. The Balaban J connectivity index is 1.89. The lowest BCUT2D eigenvalue weighted by Crippen LogP contribution is -2.46. The van der Waals surface area contributed by atoms with Gasteiger partial charge in [-0.3, -0.25) is 9.69 Å². The van der Waals surface area contributed by atoms with Gasteiger partial charge in [0.05, 0.1) is 24.1 Å². The van der Waals surface area contributed by atoms with Crippen LogP contribution in [-0.2, 0) is 14.6 Å². The van der Waals surface area contributed by atoms with E-state index >= 15 is 0 Å². The Labute approximate surface area is 124 Å². The number of rotatable bonds is 4. The fraction of sp³-hybridized carbons (Fsp3) is 0.615. The molecule has 7 heteroatoms. The molecular formula is C13H20N2O3S2. The Morgan fingerprint density at radius 3 is 2.65 bits per heavy atom. The molecule has 20 heavy (non-hydrogen) atoms. The van der Waals surface area contributed by atoms with Gasteiger partial charge < -0.3 is 4.90 Å². The van der Waals surface area contributed by atoms with Crippen molar-refractivity contribution in [3.63, 3.8) is 0 Å². The number of amides is 1. The molecule has 0 aliphatic carbocycles. The van der Waals surface area contributed by atoms with Crippen molar-refractivity contribution in [3.8, 4) is 0 Å². The third-order valence-corrected chi connectivity index (χ3v) is 6.38. The Bertz CT molecular complexity index is 540. The molecule has 1 unspecified atom stereocenters. The van der Waals surface area contributed by atoms with Gasteiger partial charge in [-0.1, -0.05) is 6.07 Å². The van der Waals surface area contributed by atoms with Gasteiger partial charge in [-0.15, -0.1) is 11.3 Å². The average Bonchev–Trinajstić information content (AvgIpc) is 2.93. The second-order valence-electron chi connectivity index (χ2n) is 5.12. The minimum Gasteiger partial charge on any atom is -0.337 e. The van der Waals surface area contributed by atoms with Crippen molar-refractivity contribution in [2.24, 2.45) is 0 Å². The first-order valence-corrected chi connectivity index (χ1v) is 9.31. The van der Waals surface area contributed by atoms with E-state index in [0.717, 1.165) is 4.88 Å². The number of hydrogen-bond acceptors (Lipinski definition) is 5. The smallest absolute Gasteiger partial charge is 0.237 e. The first-order valence-electron chi connectivity index (χ1n) is 6.61. The molecule has 1 aromatic rings. The lowest BCUT2D eigenvalue weighted by molar-refractivity contribution is -0.132. The van der Waals surface area contributed by atoms with E-state index in [1.165, 1.54) is 0 Å². The van der Waals surface area contributed by atoms with E-state index in [0.29, 0.717) is 19.6 Å². The zero-order chi connectivity index (χ0) is 14.8. The van der Waals surface area contributed by atoms with Gasteiger partial charge in [-0.2, -0.15) is 0 Å². The third kappa shape index (κ3) is 3.80. The van der Waals surface area contributed by atoms with Gasteiger partial charge in [0.15, 0.2) is 9.84 Å². The van der Waals surface area contributed by atoms with Crippen LogP contribution in [0.2, 0.25) is 0 Å². The van der Waals surface area contributed by atoms with Gasteiger partial charge in [-0.25, -0.2) is 8.42 Å². The number of sulfone groups is 1. The number of nitrogens with zero attached hydrogens (tertiary/aromatic N) is 2. The molecule has 2 heterocycles. The molecule has 5 nitrogen and oxygen atoms in total. The molecule has 0 N–H and O–H groups in total. The van der Waals surface area contributed by atoms with Crippen LogP contribution in [-0.4, -0.2) is 62.3 Å². The van der Waals surface area contributed by atoms with Crippen molar-refractivity contribution in [2.45, 2.75) is 13.0 Å². The first-order chi connectivity index (χ1) is 9.39. The fourth-order valence-electron chi connectivity index (χ4n) is 2.15. The SMILES string of the molecule is CC(c1cccs1)N(C)C(=O)CN1CCS(=O)(=O)CC1. The summed E-state index contributed by atoms with van der Waals surface area (Å²) in [7, 11) is -1.09. The van der Waals surface area contributed by atoms with Crippen LogP contribution in [0.4, 0.5) is 0 Å². The Morgan fingerprint density at radius 2 is 2.10 bits per heavy atom. The van der Waals surface area contributed by atoms with Crippen molar-refractivity contribution in [2.75, 3.05) is 38.2 Å². The van der Waals surface area contributed by atoms with E-state index < -0.39 is 9.84 Å². The van der Waals surface area contributed by atoms with E-state index in [2.05, 4.69) is 0 Å². The molecule has 1 atom stereocenters. The van der Waals surface area contributed by atoms with Crippen molar-refractivity contribution in [1.82, 2.24) is 9.80 Å². The van der Waals surface area contributed by atoms with Crippen molar-refractivity contribution >= 4 is 27.1 Å². The van der Waals surface area contributed by atoms with Crippen LogP contribution in [0.25, 0.3) is 0 Å². The van der Waals surface area contributed by atoms with E-state index in [4.69, 9.17) is 0 Å². The van der Waals surface area contributed by atoms with Gasteiger partial charge in [0.2, 0.25) is 5.91 Å². The standard InChI is InChI=1S/C13H20N2O3S2/c1-11(12-4-3-7-19-12)14(2)13(16)10-15-5-8-20(17,18)9-6-15/h3-4,7,11H,5-6,8-10H2,1-2H3. The molecule has 0 aromatic carbocycles. The van der Waals surface area contributed by atoms with Crippen LogP contribution in [0.3, 0.4) is 0 Å². The predicted octanol–water partition coefficient (Wildman–Crippen LogP) is 0.998. The van der Waals surface area contributed by atoms with Crippen LogP contribution in [0.1, 0.15) is 17.8 Å². The summed E-state index contributed by atoms with van der Waals surface area (Å²) >= 11 is 1.64. The summed E-state index contributed by atoms with van der Waals surface area (Å²) in [5.41, 5.74) is 0. The monoisotopic (exact) mass is 316 g/mol. The largest absolute Gasteiger partial charge is 0.337 e. The van der Waals surface area contributed by atoms with Crippen molar-refractivity contribution in [1.29, 1.82) is 0 Å². The molecule has 1 aromatic heterocycles. The molecule has 0 bridgehead atoms. The fourth-order valence-corrected chi connectivity index (χ4v) is 4.25. The third-order valence-electron chi connectivity index (χ3n) is 3.73. The zero-order valence-electron chi connectivity index (χ0n) is 11.8. The molecule has 0 radical (unpaired) electrons. The maximum absolute atomic E-state index is 12.2. The number of carbonyl (C=O) groups is 1. The summed E-state index contributed by atoms with van der Waals surface area (Å²) in [4.78, 5) is 17.1. The summed E-state index contributed by atoms with van der Waals surface area (Å²) in [6.45, 7) is 3.21. The highest BCUT2D eigenvalue weighted by atomic mass is 32.2. The highest BCUT2D eigenvalue weighted by Gasteiger charge is 2.25. The van der Waals surface area contributed by atoms with E-state index in [9.17, 15) is 13.2 Å². The summed E-state index contributed by atoms with van der Waals surface area (Å²) in [5.74, 6) is 0.347. The Morgan fingerprint density at radius 1 is 1.45 bits per heavy atom. The minimum atomic E-state index is -2.89. The number of thiophene rings is 1. The van der Waals surface area contributed by atoms with Gasteiger partial charge in [-0.05, 0) is 18.4 Å². The summed E-state index contributed by atoms with van der Waals surface area (Å²) in [6.07, 6.45) is 0. The van der Waals surface area contributed by atoms with Crippen molar-refractivity contribution < 1.29 is 13.2 Å². The van der Waals surface area contributed by atoms with Crippen LogP contribution < -0.4 is 0 Å². The second kappa shape index (κ2) is 6.24. The molecule has 1 fully saturated rings. The number of hydrogen-bond donors (Lipinski definition) is 0. The van der Waals surface area contributed by atoms with Crippen LogP contribution in [0.5, 0.6) is 0 Å². The molecule has 1 aliphatic heterocycles. The van der Waals surface area contributed by atoms with Crippen LogP contribution in [0, 0.1) is 0 Å². The quantitative estimate of drug-likeness (QED) is 0.831. The van der Waals surface area contributed by atoms with E-state index in [-0.39, 0.29) is 23.5 Å². The zero-order valence-corrected chi connectivity index (χ0v) is 13.4. The predicted molar refractivity (Wildman–Crippen MR) is 80.6 cm³/mol. The topological polar surface area (TPSA) is 57.7 Å². The van der Waals surface area contributed by atoms with Gasteiger partial charge in [0, 0.05) is 25.0 Å². The molecule has 1 aliphatic rings. The molecule has 1 amide bonds. The second-order valence-corrected chi connectivity index (χ2v) is 8.41. The van der Waals surface area contributed by atoms with Crippen LogP contribution in [0.15, 0.2) is 17.5 Å². The number of carbonyl (C=O) groups excluding carboxylic acids is 1. The minimum absolute atomic E-state index is 0.0326. The number of likely N-dealkylation sites (N-methyl/N-ethyl adjacent to an activating group) is 1. The molecule has 0 spiro atoms. The van der Waals surface area contributed by atoms with Crippen LogP contribution >= 0.6 is 11.3 Å². The van der Waals surface area contributed by atoms with E-state index in [1.54, 1.807) is 23.3 Å². The lowest BCUT2D eigenvalue weighted by atomic mass is 10.2. The van der Waals surface area contributed by atoms with E-state index in [1.807, 2.05) is 29.3 Å². The van der Waals surface area contributed by atoms with Gasteiger partial charge in [0.25, 0.3) is 0 Å². The molecule has 1 saturated heterocycles. The summed E-state index contributed by atoms with van der Waals surface area (Å²) in [6, 6.07) is 4.05. The van der Waals surface area contributed by atoms with Gasteiger partial charge >= 0.3 is 0 Å². The molecule has 2 rings (SSSR count). The summed E-state index contributed by atoms with van der Waals surface area (Å²) < 4.78 is 22.7. The molecule has 112 valence electrons. The Kier molecular flexibility index (Phi) is 4.82. The summed E-state index contributed by atoms with van der Waals surface area (Å²) in [5, 5.41) is 2.00. The average molecular weight is 316 g/mol. The van der Waals surface area contributed by atoms with Crippen molar-refractivity contribution in [3.05, 3.63) is 22.4 Å². The highest BCUT2D eigenvalue weighted by molar-refractivity contribution is 7.91. The van der Waals surface area contributed by atoms with Gasteiger partial charge in [0.1, 0.15) is 0 Å². The maximum atomic E-state index is 12.2. The first kappa shape index (κ1) is 15.5. The Hall–Kier alpha value is -0.920.